The van der Waals surface area contributed by atoms with Gasteiger partial charge in [0.15, 0.2) is 0 Å². The van der Waals surface area contributed by atoms with E-state index in [1.165, 1.54) is 28.3 Å². The van der Waals surface area contributed by atoms with E-state index in [0.717, 1.165) is 22.0 Å². The number of nitrogens with zero attached hydrogens (tertiary/aromatic N) is 4. The number of aromatic nitrogens is 4. The summed E-state index contributed by atoms with van der Waals surface area (Å²) in [6.45, 7) is 2.08. The van der Waals surface area contributed by atoms with Crippen LogP contribution in [0.15, 0.2) is 41.1 Å². The average Bonchev–Trinajstić information content (AvgIpc) is 3.06. The molecule has 0 unspecified atom stereocenters. The number of nitrogens with two attached hydrogens (primary N) is 1. The quantitative estimate of drug-likeness (QED) is 0.593. The molecule has 0 fully saturated rings. The predicted molar refractivity (Wildman–Crippen MR) is 82.0 cm³/mol. The third kappa shape index (κ3) is 2.83. The Morgan fingerprint density at radius 3 is 2.80 bits per heavy atom. The van der Waals surface area contributed by atoms with E-state index in [2.05, 4.69) is 51.8 Å². The van der Waals surface area contributed by atoms with Crippen LogP contribution in [0.3, 0.4) is 0 Å². The molecule has 0 saturated carbocycles. The van der Waals surface area contributed by atoms with Crippen LogP contribution in [0.2, 0.25) is 0 Å². The minimum Gasteiger partial charge on any atom is -0.336 e. The standard InChI is InChI=1S/C13H13N5S2/c1-9-2-4-10(5-3-9)12-16-11(6-19-12)7-20-13-17-15-8-18(13)14/h2-6,8H,7,14H2,1H3. The first-order valence-electron chi connectivity index (χ1n) is 6.02. The second kappa shape index (κ2) is 5.64. The van der Waals surface area contributed by atoms with Crippen LogP contribution in [0.4, 0.5) is 0 Å². The number of thiazole rings is 1. The van der Waals surface area contributed by atoms with Crippen LogP contribution >= 0.6 is 23.1 Å². The fourth-order valence-corrected chi connectivity index (χ4v) is 3.33. The average molecular weight is 303 g/mol. The summed E-state index contributed by atoms with van der Waals surface area (Å²) < 4.78 is 1.41. The molecule has 3 aromatic rings. The number of rotatable bonds is 4. The molecule has 0 amide bonds. The molecule has 0 aliphatic heterocycles. The highest BCUT2D eigenvalue weighted by Gasteiger charge is 2.07. The van der Waals surface area contributed by atoms with Crippen LogP contribution in [0.1, 0.15) is 11.3 Å². The molecule has 0 aliphatic rings. The molecule has 7 heteroatoms. The highest BCUT2D eigenvalue weighted by Crippen LogP contribution is 2.27. The summed E-state index contributed by atoms with van der Waals surface area (Å²) in [6, 6.07) is 8.40. The summed E-state index contributed by atoms with van der Waals surface area (Å²) in [5, 5.41) is 11.5. The van der Waals surface area contributed by atoms with Crippen molar-refractivity contribution in [1.82, 2.24) is 19.9 Å². The molecule has 5 nitrogen and oxygen atoms in total. The van der Waals surface area contributed by atoms with Crippen LogP contribution in [0.25, 0.3) is 10.6 Å². The molecule has 0 radical (unpaired) electrons. The van der Waals surface area contributed by atoms with Gasteiger partial charge in [0, 0.05) is 16.7 Å². The van der Waals surface area contributed by atoms with E-state index in [1.807, 2.05) is 0 Å². The zero-order valence-electron chi connectivity index (χ0n) is 10.9. The molecule has 0 saturated heterocycles. The fourth-order valence-electron chi connectivity index (χ4n) is 1.68. The maximum atomic E-state index is 5.67. The van der Waals surface area contributed by atoms with Crippen molar-refractivity contribution in [2.24, 2.45) is 0 Å². The molecule has 2 heterocycles. The topological polar surface area (TPSA) is 69.6 Å². The Morgan fingerprint density at radius 2 is 2.10 bits per heavy atom. The summed E-state index contributed by atoms with van der Waals surface area (Å²) in [6.07, 6.45) is 1.49. The van der Waals surface area contributed by atoms with Gasteiger partial charge in [-0.1, -0.05) is 41.6 Å². The summed E-state index contributed by atoms with van der Waals surface area (Å²) in [4.78, 5) is 4.64. The maximum absolute atomic E-state index is 5.67. The van der Waals surface area contributed by atoms with Gasteiger partial charge >= 0.3 is 0 Å². The van der Waals surface area contributed by atoms with E-state index in [1.54, 1.807) is 11.3 Å². The van der Waals surface area contributed by atoms with Gasteiger partial charge in [-0.25, -0.2) is 9.66 Å². The number of nitrogen functional groups attached to an aromatic ring is 1. The zero-order chi connectivity index (χ0) is 13.9. The van der Waals surface area contributed by atoms with Gasteiger partial charge in [0.05, 0.1) is 5.69 Å². The van der Waals surface area contributed by atoms with Crippen LogP contribution in [0.5, 0.6) is 0 Å². The Morgan fingerprint density at radius 1 is 1.30 bits per heavy atom. The van der Waals surface area contributed by atoms with Crippen LogP contribution in [-0.4, -0.2) is 19.9 Å². The molecule has 0 bridgehead atoms. The summed E-state index contributed by atoms with van der Waals surface area (Å²) >= 11 is 3.18. The van der Waals surface area contributed by atoms with Gasteiger partial charge in [0.1, 0.15) is 11.3 Å². The highest BCUT2D eigenvalue weighted by molar-refractivity contribution is 7.98. The van der Waals surface area contributed by atoms with Gasteiger partial charge in [-0.3, -0.25) is 0 Å². The Hall–Kier alpha value is -1.86. The van der Waals surface area contributed by atoms with Crippen LogP contribution < -0.4 is 5.84 Å². The largest absolute Gasteiger partial charge is 0.336 e. The first-order chi connectivity index (χ1) is 9.72. The van der Waals surface area contributed by atoms with Crippen molar-refractivity contribution < 1.29 is 0 Å². The molecular weight excluding hydrogens is 290 g/mol. The molecule has 2 N–H and O–H groups in total. The molecule has 0 spiro atoms. The van der Waals surface area contributed by atoms with Crippen LogP contribution in [-0.2, 0) is 5.75 Å². The number of hydrogen-bond acceptors (Lipinski definition) is 6. The number of hydrogen-bond donors (Lipinski definition) is 1. The first-order valence-corrected chi connectivity index (χ1v) is 7.88. The zero-order valence-corrected chi connectivity index (χ0v) is 12.5. The smallest absolute Gasteiger partial charge is 0.209 e. The summed E-state index contributed by atoms with van der Waals surface area (Å²) in [7, 11) is 0. The Balaban J connectivity index is 1.71. The molecule has 3 rings (SSSR count). The second-order valence-electron chi connectivity index (χ2n) is 4.32. The van der Waals surface area contributed by atoms with E-state index in [-0.39, 0.29) is 0 Å². The van der Waals surface area contributed by atoms with E-state index in [4.69, 9.17) is 5.84 Å². The van der Waals surface area contributed by atoms with E-state index in [0.29, 0.717) is 5.16 Å². The Kier molecular flexibility index (Phi) is 3.70. The second-order valence-corrected chi connectivity index (χ2v) is 6.12. The molecule has 2 aromatic heterocycles. The van der Waals surface area contributed by atoms with Crippen molar-refractivity contribution in [1.29, 1.82) is 0 Å². The van der Waals surface area contributed by atoms with Gasteiger partial charge in [-0.2, -0.15) is 0 Å². The number of benzene rings is 1. The molecule has 0 aliphatic carbocycles. The molecule has 102 valence electrons. The van der Waals surface area contributed by atoms with Crippen molar-refractivity contribution in [3.05, 3.63) is 47.2 Å². The lowest BCUT2D eigenvalue weighted by atomic mass is 10.2. The lowest BCUT2D eigenvalue weighted by molar-refractivity contribution is 0.845. The minimum absolute atomic E-state index is 0.690. The van der Waals surface area contributed by atoms with Crippen LogP contribution in [0, 0.1) is 6.92 Å². The number of thioether (sulfide) groups is 1. The lowest BCUT2D eigenvalue weighted by Gasteiger charge is -1.98. The summed E-state index contributed by atoms with van der Waals surface area (Å²) in [5.74, 6) is 6.40. The fraction of sp³-hybridized carbons (Fsp3) is 0.154. The monoisotopic (exact) mass is 303 g/mol. The summed E-state index contributed by atoms with van der Waals surface area (Å²) in [5.41, 5.74) is 3.43. The third-order valence-corrected chi connectivity index (χ3v) is 4.67. The Bertz CT molecular complexity index is 702. The van der Waals surface area contributed by atoms with Crippen molar-refractivity contribution >= 4 is 23.1 Å². The first kappa shape index (κ1) is 13.1. The molecule has 1 aromatic carbocycles. The Labute approximate surface area is 124 Å². The lowest BCUT2D eigenvalue weighted by Crippen LogP contribution is -2.07. The van der Waals surface area contributed by atoms with E-state index >= 15 is 0 Å². The van der Waals surface area contributed by atoms with Crippen molar-refractivity contribution in [3.8, 4) is 10.6 Å². The minimum atomic E-state index is 0.690. The van der Waals surface area contributed by atoms with Crippen molar-refractivity contribution in [2.45, 2.75) is 17.8 Å². The SMILES string of the molecule is Cc1ccc(-c2nc(CSc3nncn3N)cs2)cc1. The van der Waals surface area contributed by atoms with Gasteiger partial charge in [-0.05, 0) is 6.92 Å². The van der Waals surface area contributed by atoms with Gasteiger partial charge in [0.2, 0.25) is 5.16 Å². The van der Waals surface area contributed by atoms with Crippen molar-refractivity contribution in [2.75, 3.05) is 5.84 Å². The molecular formula is C13H13N5S2. The maximum Gasteiger partial charge on any atom is 0.209 e. The van der Waals surface area contributed by atoms with Gasteiger partial charge < -0.3 is 5.84 Å². The normalized spacial score (nSPS) is 10.8. The van der Waals surface area contributed by atoms with Gasteiger partial charge in [-0.15, -0.1) is 21.5 Å². The third-order valence-electron chi connectivity index (χ3n) is 2.74. The molecule has 20 heavy (non-hydrogen) atoms. The van der Waals surface area contributed by atoms with E-state index in [9.17, 15) is 0 Å². The highest BCUT2D eigenvalue weighted by atomic mass is 32.2. The number of aryl methyl sites for hydroxylation is 1. The van der Waals surface area contributed by atoms with E-state index < -0.39 is 0 Å². The van der Waals surface area contributed by atoms with Crippen molar-refractivity contribution in [3.63, 3.8) is 0 Å². The predicted octanol–water partition coefficient (Wildman–Crippen LogP) is 2.72. The molecule has 0 atom stereocenters. The van der Waals surface area contributed by atoms with Gasteiger partial charge in [0.25, 0.3) is 0 Å².